The summed E-state index contributed by atoms with van der Waals surface area (Å²) in [6, 6.07) is 13.3. The van der Waals surface area contributed by atoms with Crippen LogP contribution in [0.15, 0.2) is 47.6 Å². The zero-order chi connectivity index (χ0) is 25.4. The molecule has 1 amide bonds. The number of rotatable bonds is 12. The maximum absolute atomic E-state index is 12.9. The highest BCUT2D eigenvalue weighted by Crippen LogP contribution is 2.31. The number of benzene rings is 2. The van der Waals surface area contributed by atoms with Gasteiger partial charge in [-0.25, -0.2) is 0 Å². The lowest BCUT2D eigenvalue weighted by molar-refractivity contribution is -0.115. The number of aryl methyl sites for hydroxylation is 1. The number of methoxy groups -OCH3 is 2. The summed E-state index contributed by atoms with van der Waals surface area (Å²) in [7, 11) is 3.13. The standard InChI is InChI=1S/C26H34N4O4S/c1-7-19-8-11-21(12-9-19)34-16-24-28-29-26(30(24)15-17(2)3)35-18(4)25(31)27-20-10-13-22(32-5)23(14-20)33-6/h8-14,17-18H,7,15-16H2,1-6H3,(H,27,31). The van der Waals surface area contributed by atoms with E-state index in [1.807, 2.05) is 23.6 Å². The van der Waals surface area contributed by atoms with Crippen molar-refractivity contribution in [3.05, 3.63) is 53.9 Å². The number of hydrogen-bond acceptors (Lipinski definition) is 7. The zero-order valence-electron chi connectivity index (χ0n) is 21.2. The second-order valence-electron chi connectivity index (χ2n) is 8.51. The number of thioether (sulfide) groups is 1. The van der Waals surface area contributed by atoms with Crippen molar-refractivity contribution in [1.29, 1.82) is 0 Å². The largest absolute Gasteiger partial charge is 0.493 e. The fraction of sp³-hybridized carbons (Fsp3) is 0.423. The molecule has 35 heavy (non-hydrogen) atoms. The fourth-order valence-corrected chi connectivity index (χ4v) is 4.28. The molecule has 3 rings (SSSR count). The van der Waals surface area contributed by atoms with Crippen molar-refractivity contribution >= 4 is 23.4 Å². The van der Waals surface area contributed by atoms with Gasteiger partial charge in [0.15, 0.2) is 22.5 Å². The number of nitrogens with one attached hydrogen (secondary N) is 1. The molecule has 8 nitrogen and oxygen atoms in total. The maximum Gasteiger partial charge on any atom is 0.237 e. The number of hydrogen-bond donors (Lipinski definition) is 1. The van der Waals surface area contributed by atoms with Gasteiger partial charge in [0.25, 0.3) is 0 Å². The van der Waals surface area contributed by atoms with E-state index in [4.69, 9.17) is 14.2 Å². The molecule has 0 radical (unpaired) electrons. The third-order valence-corrected chi connectivity index (χ3v) is 6.42. The van der Waals surface area contributed by atoms with Gasteiger partial charge in [0, 0.05) is 18.3 Å². The molecule has 0 saturated heterocycles. The first-order chi connectivity index (χ1) is 16.8. The Labute approximate surface area is 211 Å². The average Bonchev–Trinajstić information content (AvgIpc) is 3.22. The minimum Gasteiger partial charge on any atom is -0.493 e. The minimum atomic E-state index is -0.395. The van der Waals surface area contributed by atoms with E-state index in [2.05, 4.69) is 48.4 Å². The van der Waals surface area contributed by atoms with Crippen molar-refractivity contribution in [3.63, 3.8) is 0 Å². The highest BCUT2D eigenvalue weighted by molar-refractivity contribution is 8.00. The molecule has 1 heterocycles. The Morgan fingerprint density at radius 3 is 2.37 bits per heavy atom. The summed E-state index contributed by atoms with van der Waals surface area (Å²) in [6.45, 7) is 9.27. The van der Waals surface area contributed by atoms with Gasteiger partial charge in [-0.15, -0.1) is 10.2 Å². The highest BCUT2D eigenvalue weighted by atomic mass is 32.2. The van der Waals surface area contributed by atoms with Crippen molar-refractivity contribution in [3.8, 4) is 17.2 Å². The molecule has 2 aromatic carbocycles. The molecule has 1 atom stereocenters. The van der Waals surface area contributed by atoms with Crippen LogP contribution in [0.1, 0.15) is 39.1 Å². The molecule has 0 fully saturated rings. The van der Waals surface area contributed by atoms with Gasteiger partial charge in [-0.3, -0.25) is 4.79 Å². The van der Waals surface area contributed by atoms with Crippen LogP contribution in [0.3, 0.4) is 0 Å². The summed E-state index contributed by atoms with van der Waals surface area (Å²) >= 11 is 1.37. The summed E-state index contributed by atoms with van der Waals surface area (Å²) in [6.07, 6.45) is 0.987. The van der Waals surface area contributed by atoms with E-state index in [-0.39, 0.29) is 5.91 Å². The van der Waals surface area contributed by atoms with Gasteiger partial charge >= 0.3 is 0 Å². The van der Waals surface area contributed by atoms with Crippen LogP contribution in [0, 0.1) is 5.92 Å². The Kier molecular flexibility index (Phi) is 9.42. The second kappa shape index (κ2) is 12.5. The van der Waals surface area contributed by atoms with Crippen molar-refractivity contribution in [2.75, 3.05) is 19.5 Å². The van der Waals surface area contributed by atoms with Gasteiger partial charge < -0.3 is 24.1 Å². The molecule has 0 saturated carbocycles. The van der Waals surface area contributed by atoms with E-state index < -0.39 is 5.25 Å². The molecule has 9 heteroatoms. The van der Waals surface area contributed by atoms with Crippen molar-refractivity contribution in [2.45, 2.75) is 57.7 Å². The van der Waals surface area contributed by atoms with Gasteiger partial charge in [-0.2, -0.15) is 0 Å². The van der Waals surface area contributed by atoms with Crippen LogP contribution < -0.4 is 19.5 Å². The number of ether oxygens (including phenoxy) is 3. The van der Waals surface area contributed by atoms with Crippen LogP contribution in [0.4, 0.5) is 5.69 Å². The van der Waals surface area contributed by atoms with Crippen LogP contribution in [0.2, 0.25) is 0 Å². The van der Waals surface area contributed by atoms with E-state index in [1.54, 1.807) is 32.4 Å². The van der Waals surface area contributed by atoms with Crippen LogP contribution in [-0.4, -0.2) is 40.1 Å². The first kappa shape index (κ1) is 26.4. The molecule has 0 spiro atoms. The highest BCUT2D eigenvalue weighted by Gasteiger charge is 2.21. The smallest absolute Gasteiger partial charge is 0.237 e. The average molecular weight is 499 g/mol. The predicted molar refractivity (Wildman–Crippen MR) is 139 cm³/mol. The third-order valence-electron chi connectivity index (χ3n) is 5.34. The minimum absolute atomic E-state index is 0.143. The van der Waals surface area contributed by atoms with Crippen molar-refractivity contribution in [2.24, 2.45) is 5.92 Å². The van der Waals surface area contributed by atoms with E-state index in [1.165, 1.54) is 17.3 Å². The molecule has 3 aromatic rings. The molecule has 0 aliphatic carbocycles. The fourth-order valence-electron chi connectivity index (χ4n) is 3.40. The molecule has 1 aromatic heterocycles. The number of carbonyl (C=O) groups is 1. The van der Waals surface area contributed by atoms with Crippen molar-refractivity contribution < 1.29 is 19.0 Å². The normalized spacial score (nSPS) is 11.9. The Morgan fingerprint density at radius 1 is 1.03 bits per heavy atom. The lowest BCUT2D eigenvalue weighted by atomic mass is 10.2. The lowest BCUT2D eigenvalue weighted by Gasteiger charge is -2.16. The molecule has 1 unspecified atom stereocenters. The third kappa shape index (κ3) is 7.14. The van der Waals surface area contributed by atoms with E-state index in [0.717, 1.165) is 24.5 Å². The first-order valence-electron chi connectivity index (χ1n) is 11.7. The molecule has 1 N–H and O–H groups in total. The summed E-state index contributed by atoms with van der Waals surface area (Å²) in [5, 5.41) is 12.0. The molecule has 0 aliphatic rings. The molecule has 188 valence electrons. The van der Waals surface area contributed by atoms with Crippen LogP contribution in [0.25, 0.3) is 0 Å². The van der Waals surface area contributed by atoms with Gasteiger partial charge in [0.2, 0.25) is 5.91 Å². The molecular weight excluding hydrogens is 464 g/mol. The number of carbonyl (C=O) groups excluding carboxylic acids is 1. The number of anilines is 1. The van der Waals surface area contributed by atoms with E-state index >= 15 is 0 Å². The van der Waals surface area contributed by atoms with Crippen molar-refractivity contribution in [1.82, 2.24) is 14.8 Å². The number of amides is 1. The maximum atomic E-state index is 12.9. The predicted octanol–water partition coefficient (Wildman–Crippen LogP) is 5.21. The Bertz CT molecular complexity index is 1120. The number of nitrogens with zero attached hydrogens (tertiary/aromatic N) is 3. The summed E-state index contributed by atoms with van der Waals surface area (Å²) in [5.41, 5.74) is 1.89. The zero-order valence-corrected chi connectivity index (χ0v) is 22.0. The van der Waals surface area contributed by atoms with Gasteiger partial charge in [0.1, 0.15) is 12.4 Å². The van der Waals surface area contributed by atoms with Gasteiger partial charge in [-0.05, 0) is 49.1 Å². The lowest BCUT2D eigenvalue weighted by Crippen LogP contribution is -2.23. The summed E-state index contributed by atoms with van der Waals surface area (Å²) in [5.74, 6) is 2.91. The topological polar surface area (TPSA) is 87.5 Å². The number of aromatic nitrogens is 3. The SMILES string of the molecule is CCc1ccc(OCc2nnc(SC(C)C(=O)Nc3ccc(OC)c(OC)c3)n2CC(C)C)cc1. The molecule has 0 aliphatic heterocycles. The van der Waals surface area contributed by atoms with E-state index in [9.17, 15) is 4.79 Å². The first-order valence-corrected chi connectivity index (χ1v) is 12.6. The molecular formula is C26H34N4O4S. The van der Waals surface area contributed by atoms with E-state index in [0.29, 0.717) is 34.9 Å². The second-order valence-corrected chi connectivity index (χ2v) is 9.82. The van der Waals surface area contributed by atoms with Gasteiger partial charge in [-0.1, -0.05) is 44.7 Å². The molecule has 0 bridgehead atoms. The Morgan fingerprint density at radius 2 is 1.74 bits per heavy atom. The summed E-state index contributed by atoms with van der Waals surface area (Å²) in [4.78, 5) is 12.9. The Hall–Kier alpha value is -3.20. The van der Waals surface area contributed by atoms with Crippen LogP contribution in [-0.2, 0) is 24.4 Å². The van der Waals surface area contributed by atoms with Crippen LogP contribution >= 0.6 is 11.8 Å². The van der Waals surface area contributed by atoms with Crippen LogP contribution in [0.5, 0.6) is 17.2 Å². The van der Waals surface area contributed by atoms with Gasteiger partial charge in [0.05, 0.1) is 19.5 Å². The monoisotopic (exact) mass is 498 g/mol. The quantitative estimate of drug-likeness (QED) is 0.343. The summed E-state index contributed by atoms with van der Waals surface area (Å²) < 4.78 is 18.6. The Balaban J connectivity index is 1.68.